The molecule has 4 aromatic rings. The van der Waals surface area contributed by atoms with Crippen LogP contribution in [0.2, 0.25) is 0 Å². The Bertz CT molecular complexity index is 2200. The average Bonchev–Trinajstić information content (AvgIpc) is 4.01. The number of aromatic nitrogens is 4. The Morgan fingerprint density at radius 2 is 1.24 bits per heavy atom. The van der Waals surface area contributed by atoms with Crippen molar-refractivity contribution in [1.29, 1.82) is 0 Å². The van der Waals surface area contributed by atoms with Crippen LogP contribution in [0, 0.1) is 35.5 Å². The van der Waals surface area contributed by atoms with E-state index in [4.69, 9.17) is 19.4 Å². The van der Waals surface area contributed by atoms with Gasteiger partial charge in [-0.3, -0.25) is 19.4 Å². The molecule has 2 saturated heterocycles. The van der Waals surface area contributed by atoms with Gasteiger partial charge in [-0.1, -0.05) is 65.5 Å². The highest BCUT2D eigenvalue weighted by molar-refractivity contribution is 5.87. The van der Waals surface area contributed by atoms with Crippen LogP contribution in [0.4, 0.5) is 9.59 Å². The molecule has 14 heteroatoms. The van der Waals surface area contributed by atoms with Crippen LogP contribution in [0.25, 0.3) is 22.3 Å². The standard InChI is InChI=1S/C44H56N8O6/c1-25(2)37(49(7)43(55)57-9)41(53)51-23-27(5)19-35(51)39-45-22-34(48-39)31-16-13-29(14-17-31)11-12-30-15-18-32-33(21-30)47-40(46-32)36-20-28(6)24-52(36)42(54)38(26(3)4)50(8)44(56)58-10/h13-18,21-22,25-28,35-38H,19-20,23-24H2,1-10H3,(H,45,48)(H,46,47). The molecule has 2 aromatic heterocycles. The maximum atomic E-state index is 13.9. The van der Waals surface area contributed by atoms with Gasteiger partial charge in [-0.15, -0.1) is 0 Å². The van der Waals surface area contributed by atoms with Crippen molar-refractivity contribution in [1.82, 2.24) is 39.5 Å². The molecule has 0 saturated carbocycles. The van der Waals surface area contributed by atoms with Crippen molar-refractivity contribution in [2.75, 3.05) is 41.4 Å². The van der Waals surface area contributed by atoms with Gasteiger partial charge >= 0.3 is 12.2 Å². The summed E-state index contributed by atoms with van der Waals surface area (Å²) in [5.74, 6) is 8.06. The Morgan fingerprint density at radius 3 is 1.76 bits per heavy atom. The molecule has 4 heterocycles. The highest BCUT2D eigenvalue weighted by Crippen LogP contribution is 2.38. The lowest BCUT2D eigenvalue weighted by atomic mass is 10.0. The minimum absolute atomic E-state index is 0.105. The largest absolute Gasteiger partial charge is 0.453 e. The number of methoxy groups -OCH3 is 2. The molecule has 58 heavy (non-hydrogen) atoms. The number of hydrogen-bond acceptors (Lipinski definition) is 8. The number of amides is 4. The van der Waals surface area contributed by atoms with Crippen LogP contribution in [0.3, 0.4) is 0 Å². The molecule has 2 aromatic carbocycles. The van der Waals surface area contributed by atoms with E-state index < -0.39 is 24.3 Å². The Morgan fingerprint density at radius 1 is 0.741 bits per heavy atom. The molecule has 0 spiro atoms. The molecule has 6 rings (SSSR count). The number of rotatable bonds is 9. The second-order valence-corrected chi connectivity index (χ2v) is 16.6. The Labute approximate surface area is 340 Å². The van der Waals surface area contributed by atoms with Gasteiger partial charge in [0.15, 0.2) is 0 Å². The van der Waals surface area contributed by atoms with Crippen molar-refractivity contribution in [2.24, 2.45) is 23.7 Å². The third-order valence-electron chi connectivity index (χ3n) is 11.4. The zero-order chi connectivity index (χ0) is 42.0. The van der Waals surface area contributed by atoms with Crippen LogP contribution < -0.4 is 0 Å². The zero-order valence-electron chi connectivity index (χ0n) is 35.2. The molecular weight excluding hydrogens is 737 g/mol. The zero-order valence-corrected chi connectivity index (χ0v) is 35.2. The van der Waals surface area contributed by atoms with Gasteiger partial charge in [0, 0.05) is 38.3 Å². The number of likely N-dealkylation sites (tertiary alicyclic amines) is 2. The third-order valence-corrected chi connectivity index (χ3v) is 11.4. The van der Waals surface area contributed by atoms with Gasteiger partial charge in [0.2, 0.25) is 11.8 Å². The first kappa shape index (κ1) is 41.8. The van der Waals surface area contributed by atoms with Gasteiger partial charge in [-0.05, 0) is 72.4 Å². The topological polar surface area (TPSA) is 157 Å². The van der Waals surface area contributed by atoms with Gasteiger partial charge in [0.25, 0.3) is 0 Å². The van der Waals surface area contributed by atoms with E-state index >= 15 is 0 Å². The summed E-state index contributed by atoms with van der Waals surface area (Å²) in [6.07, 6.45) is 2.22. The summed E-state index contributed by atoms with van der Waals surface area (Å²) in [6.45, 7) is 13.1. The fourth-order valence-electron chi connectivity index (χ4n) is 8.54. The minimum Gasteiger partial charge on any atom is -0.453 e. The van der Waals surface area contributed by atoms with Gasteiger partial charge in [-0.2, -0.15) is 0 Å². The number of likely N-dealkylation sites (N-methyl/N-ethyl adjacent to an activating group) is 2. The molecule has 0 aliphatic carbocycles. The van der Waals surface area contributed by atoms with Gasteiger partial charge in [-0.25, -0.2) is 19.6 Å². The summed E-state index contributed by atoms with van der Waals surface area (Å²) < 4.78 is 9.84. The molecule has 6 atom stereocenters. The van der Waals surface area contributed by atoms with Crippen LogP contribution in [0.5, 0.6) is 0 Å². The van der Waals surface area contributed by atoms with Crippen molar-refractivity contribution in [3.8, 4) is 23.1 Å². The average molecular weight is 793 g/mol. The molecule has 2 aliphatic heterocycles. The first-order chi connectivity index (χ1) is 27.6. The predicted octanol–water partition coefficient (Wildman–Crippen LogP) is 6.62. The van der Waals surface area contributed by atoms with Crippen molar-refractivity contribution >= 4 is 35.0 Å². The molecule has 308 valence electrons. The number of carbonyl (C=O) groups is 4. The first-order valence-corrected chi connectivity index (χ1v) is 20.0. The van der Waals surface area contributed by atoms with Crippen LogP contribution in [-0.2, 0) is 19.1 Å². The minimum atomic E-state index is -0.659. The van der Waals surface area contributed by atoms with E-state index in [1.807, 2.05) is 80.0 Å². The number of fused-ring (bicyclic) bond motifs is 1. The number of ether oxygens (including phenoxy) is 2. The van der Waals surface area contributed by atoms with Crippen LogP contribution in [-0.4, -0.2) is 117 Å². The lowest BCUT2D eigenvalue weighted by Gasteiger charge is -2.34. The Kier molecular flexibility index (Phi) is 12.5. The fourth-order valence-corrected chi connectivity index (χ4v) is 8.54. The van der Waals surface area contributed by atoms with Gasteiger partial charge in [0.05, 0.1) is 49.2 Å². The highest BCUT2D eigenvalue weighted by Gasteiger charge is 2.43. The van der Waals surface area contributed by atoms with E-state index in [9.17, 15) is 19.2 Å². The van der Waals surface area contributed by atoms with Crippen LogP contribution >= 0.6 is 0 Å². The Balaban J connectivity index is 1.15. The number of aromatic amines is 2. The number of H-pyrrole nitrogens is 2. The van der Waals surface area contributed by atoms with E-state index in [1.165, 1.54) is 24.0 Å². The molecule has 2 fully saturated rings. The van der Waals surface area contributed by atoms with Crippen molar-refractivity contribution in [2.45, 2.75) is 78.6 Å². The van der Waals surface area contributed by atoms with Gasteiger partial charge in [0.1, 0.15) is 23.7 Å². The quantitative estimate of drug-likeness (QED) is 0.179. The number of nitrogens with one attached hydrogen (secondary N) is 2. The molecule has 2 N–H and O–H groups in total. The van der Waals surface area contributed by atoms with E-state index in [1.54, 1.807) is 20.3 Å². The van der Waals surface area contributed by atoms with Gasteiger partial charge < -0.3 is 29.2 Å². The lowest BCUT2D eigenvalue weighted by Crippen LogP contribution is -2.52. The highest BCUT2D eigenvalue weighted by atomic mass is 16.5. The van der Waals surface area contributed by atoms with E-state index in [-0.39, 0.29) is 47.6 Å². The summed E-state index contributed by atoms with van der Waals surface area (Å²) in [6, 6.07) is 12.0. The molecule has 0 bridgehead atoms. The molecular formula is C44H56N8O6. The molecule has 6 unspecified atom stereocenters. The number of hydrogen-bond donors (Lipinski definition) is 2. The third kappa shape index (κ3) is 8.54. The maximum absolute atomic E-state index is 13.9. The number of benzene rings is 2. The van der Waals surface area contributed by atoms with Crippen molar-refractivity contribution in [3.05, 3.63) is 71.4 Å². The van der Waals surface area contributed by atoms with E-state index in [0.717, 1.165) is 46.3 Å². The number of carbonyl (C=O) groups excluding carboxylic acids is 4. The maximum Gasteiger partial charge on any atom is 0.409 e. The first-order valence-electron chi connectivity index (χ1n) is 20.0. The smallest absolute Gasteiger partial charge is 0.409 e. The lowest BCUT2D eigenvalue weighted by molar-refractivity contribution is -0.139. The van der Waals surface area contributed by atoms with E-state index in [0.29, 0.717) is 24.7 Å². The molecule has 4 amide bonds. The monoisotopic (exact) mass is 792 g/mol. The summed E-state index contributed by atoms with van der Waals surface area (Å²) in [4.78, 5) is 75.6. The summed E-state index contributed by atoms with van der Waals surface area (Å²) in [5, 5.41) is 0. The Hall–Kier alpha value is -5.84. The SMILES string of the molecule is COC(=O)N(C)C(C(=O)N1CC(C)CC1c1ncc(-c2ccc(C#Cc3ccc4nc(C5CC(C)CN5C(=O)C(C(C)C)N(C)C(=O)OC)[nH]c4c3)cc2)[nH]1)C(C)C. The number of imidazole rings is 2. The van der Waals surface area contributed by atoms with E-state index in [2.05, 4.69) is 35.7 Å². The summed E-state index contributed by atoms with van der Waals surface area (Å²) in [5.41, 5.74) is 5.06. The second-order valence-electron chi connectivity index (χ2n) is 16.6. The van der Waals surface area contributed by atoms with Crippen molar-refractivity contribution in [3.63, 3.8) is 0 Å². The van der Waals surface area contributed by atoms with Crippen molar-refractivity contribution < 1.29 is 28.7 Å². The summed E-state index contributed by atoms with van der Waals surface area (Å²) in [7, 11) is 5.84. The number of nitrogens with zero attached hydrogens (tertiary/aromatic N) is 6. The molecule has 2 aliphatic rings. The molecule has 14 nitrogen and oxygen atoms in total. The van der Waals surface area contributed by atoms with Crippen LogP contribution in [0.1, 0.15) is 89.2 Å². The van der Waals surface area contributed by atoms with Crippen LogP contribution in [0.15, 0.2) is 48.7 Å². The predicted molar refractivity (Wildman–Crippen MR) is 220 cm³/mol. The normalized spacial score (nSPS) is 20.2. The second kappa shape index (κ2) is 17.3. The summed E-state index contributed by atoms with van der Waals surface area (Å²) >= 11 is 0. The fraction of sp³-hybridized carbons (Fsp3) is 0.500. The molecule has 0 radical (unpaired) electrons.